The molecule has 1 heterocycles. The van der Waals surface area contributed by atoms with Crippen molar-refractivity contribution in [3.8, 4) is 0 Å². The van der Waals surface area contributed by atoms with E-state index in [0.29, 0.717) is 6.04 Å². The highest BCUT2D eigenvalue weighted by Crippen LogP contribution is 2.41. The van der Waals surface area contributed by atoms with Gasteiger partial charge in [0.25, 0.3) is 0 Å². The van der Waals surface area contributed by atoms with Crippen molar-refractivity contribution in [2.45, 2.75) is 70.7 Å². The van der Waals surface area contributed by atoms with Gasteiger partial charge >= 0.3 is 0 Å². The summed E-state index contributed by atoms with van der Waals surface area (Å²) in [6, 6.07) is 0.338. The first-order valence-corrected chi connectivity index (χ1v) is 6.06. The Labute approximate surface area is 99.8 Å². The number of hydrogen-bond donors (Lipinski definition) is 1. The number of rotatable bonds is 3. The van der Waals surface area contributed by atoms with Crippen LogP contribution in [0.25, 0.3) is 0 Å². The molecule has 0 aromatic carbocycles. The van der Waals surface area contributed by atoms with Crippen LogP contribution >= 0.6 is 0 Å². The summed E-state index contributed by atoms with van der Waals surface area (Å²) < 4.78 is 6.09. The summed E-state index contributed by atoms with van der Waals surface area (Å²) in [5.74, 6) is 0. The molecule has 0 saturated carbocycles. The zero-order valence-corrected chi connectivity index (χ0v) is 11.8. The van der Waals surface area contributed by atoms with Crippen LogP contribution in [0.15, 0.2) is 0 Å². The van der Waals surface area contributed by atoms with Crippen LogP contribution in [0.3, 0.4) is 0 Å². The van der Waals surface area contributed by atoms with E-state index >= 15 is 0 Å². The van der Waals surface area contributed by atoms with Gasteiger partial charge in [0.2, 0.25) is 0 Å². The van der Waals surface area contributed by atoms with E-state index in [0.717, 1.165) is 6.42 Å². The predicted molar refractivity (Wildman–Crippen MR) is 66.6 cm³/mol. The van der Waals surface area contributed by atoms with Crippen molar-refractivity contribution >= 4 is 0 Å². The summed E-state index contributed by atoms with van der Waals surface area (Å²) in [7, 11) is 2.08. The van der Waals surface area contributed by atoms with Crippen LogP contribution in [0.5, 0.6) is 0 Å². The molecule has 3 heteroatoms. The van der Waals surface area contributed by atoms with Crippen molar-refractivity contribution < 1.29 is 9.84 Å². The molecule has 16 heavy (non-hydrogen) atoms. The van der Waals surface area contributed by atoms with E-state index < -0.39 is 0 Å². The average molecular weight is 229 g/mol. The van der Waals surface area contributed by atoms with Crippen LogP contribution in [0.1, 0.15) is 48.0 Å². The topological polar surface area (TPSA) is 32.7 Å². The zero-order chi connectivity index (χ0) is 12.8. The summed E-state index contributed by atoms with van der Waals surface area (Å²) in [4.78, 5) is 2.25. The van der Waals surface area contributed by atoms with E-state index in [-0.39, 0.29) is 23.3 Å². The number of likely N-dealkylation sites (N-methyl/N-ethyl adjacent to an activating group) is 1. The van der Waals surface area contributed by atoms with Crippen LogP contribution in [0.2, 0.25) is 0 Å². The van der Waals surface area contributed by atoms with Gasteiger partial charge in [-0.3, -0.25) is 4.90 Å². The summed E-state index contributed by atoms with van der Waals surface area (Å²) in [5.41, 5.74) is -0.440. The van der Waals surface area contributed by atoms with Crippen LogP contribution in [-0.4, -0.2) is 46.4 Å². The molecule has 0 aromatic rings. The maximum Gasteiger partial charge on any atom is 0.0789 e. The second-order valence-corrected chi connectivity index (χ2v) is 6.77. The molecule has 1 aliphatic rings. The number of ether oxygens (including phenoxy) is 1. The number of aliphatic hydroxyl groups excluding tert-OH is 1. The Hall–Kier alpha value is -0.120. The molecule has 1 rings (SSSR count). The summed E-state index contributed by atoms with van der Waals surface area (Å²) >= 11 is 0. The quantitative estimate of drug-likeness (QED) is 0.804. The first-order valence-electron chi connectivity index (χ1n) is 6.06. The molecule has 1 aliphatic heterocycles. The van der Waals surface area contributed by atoms with E-state index in [2.05, 4.69) is 53.5 Å². The summed E-state index contributed by atoms with van der Waals surface area (Å²) in [6.45, 7) is 12.8. The second kappa shape index (κ2) is 3.97. The molecule has 1 N–H and O–H groups in total. The largest absolute Gasteiger partial charge is 0.394 e. The minimum absolute atomic E-state index is 0.0754. The summed E-state index contributed by atoms with van der Waals surface area (Å²) in [6.07, 6.45) is 1.000. The Bertz CT molecular complexity index is 259. The maximum absolute atomic E-state index is 9.44. The van der Waals surface area contributed by atoms with Gasteiger partial charge in [-0.25, -0.2) is 0 Å². The van der Waals surface area contributed by atoms with E-state index in [9.17, 15) is 5.11 Å². The van der Waals surface area contributed by atoms with Gasteiger partial charge in [-0.2, -0.15) is 0 Å². The monoisotopic (exact) mass is 229 g/mol. The molecule has 96 valence electrons. The molecular weight excluding hydrogens is 202 g/mol. The van der Waals surface area contributed by atoms with Gasteiger partial charge < -0.3 is 9.84 Å². The molecule has 3 nitrogen and oxygen atoms in total. The highest BCUT2D eigenvalue weighted by molar-refractivity contribution is 5.02. The number of nitrogens with zero attached hydrogens (tertiary/aromatic N) is 1. The molecule has 0 amide bonds. The van der Waals surface area contributed by atoms with E-state index in [4.69, 9.17) is 4.74 Å². The molecule has 0 bridgehead atoms. The minimum atomic E-state index is -0.203. The lowest BCUT2D eigenvalue weighted by Crippen LogP contribution is -2.55. The average Bonchev–Trinajstić information content (AvgIpc) is 2.32. The first kappa shape index (κ1) is 13.9. The lowest BCUT2D eigenvalue weighted by Gasteiger charge is -2.42. The first-order chi connectivity index (χ1) is 7.02. The SMILES string of the molecule is CN(C1CC(C)(C)OC1(C)C)C(C)(C)CO. The van der Waals surface area contributed by atoms with E-state index in [1.165, 1.54) is 0 Å². The van der Waals surface area contributed by atoms with Gasteiger partial charge in [-0.1, -0.05) is 0 Å². The number of hydrogen-bond acceptors (Lipinski definition) is 3. The Balaban J connectivity index is 2.89. The second-order valence-electron chi connectivity index (χ2n) is 6.77. The molecule has 0 spiro atoms. The maximum atomic E-state index is 9.44. The smallest absolute Gasteiger partial charge is 0.0789 e. The fraction of sp³-hybridized carbons (Fsp3) is 1.00. The normalized spacial score (nSPS) is 28.7. The molecule has 1 fully saturated rings. The van der Waals surface area contributed by atoms with Gasteiger partial charge in [0.1, 0.15) is 0 Å². The summed E-state index contributed by atoms with van der Waals surface area (Å²) in [5, 5.41) is 9.44. The van der Waals surface area contributed by atoms with Crippen molar-refractivity contribution in [1.29, 1.82) is 0 Å². The lowest BCUT2D eigenvalue weighted by molar-refractivity contribution is -0.0893. The van der Waals surface area contributed by atoms with Crippen molar-refractivity contribution in [2.75, 3.05) is 13.7 Å². The fourth-order valence-electron chi connectivity index (χ4n) is 2.67. The third kappa shape index (κ3) is 2.58. The third-order valence-corrected chi connectivity index (χ3v) is 3.84. The van der Waals surface area contributed by atoms with Gasteiger partial charge in [-0.15, -0.1) is 0 Å². The van der Waals surface area contributed by atoms with Gasteiger partial charge in [0, 0.05) is 11.6 Å². The molecule has 0 radical (unpaired) electrons. The highest BCUT2D eigenvalue weighted by Gasteiger charge is 2.49. The Morgan fingerprint density at radius 3 is 2.12 bits per heavy atom. The minimum Gasteiger partial charge on any atom is -0.394 e. The van der Waals surface area contributed by atoms with Gasteiger partial charge in [-0.05, 0) is 55.0 Å². The Kier molecular flexibility index (Phi) is 3.46. The molecular formula is C13H27NO2. The van der Waals surface area contributed by atoms with Crippen molar-refractivity contribution in [1.82, 2.24) is 4.90 Å². The van der Waals surface area contributed by atoms with Crippen molar-refractivity contribution in [2.24, 2.45) is 0 Å². The van der Waals surface area contributed by atoms with E-state index in [1.807, 2.05) is 0 Å². The van der Waals surface area contributed by atoms with E-state index in [1.54, 1.807) is 0 Å². The molecule has 0 aromatic heterocycles. The standard InChI is InChI=1S/C13H27NO2/c1-11(2,9-15)14(7)10-8-12(3,4)16-13(10,5)6/h10,15H,8-9H2,1-7H3. The predicted octanol–water partition coefficient (Wildman–Crippen LogP) is 2.04. The van der Waals surface area contributed by atoms with Crippen LogP contribution in [0.4, 0.5) is 0 Å². The van der Waals surface area contributed by atoms with Gasteiger partial charge in [0.05, 0.1) is 17.8 Å². The van der Waals surface area contributed by atoms with Crippen molar-refractivity contribution in [3.63, 3.8) is 0 Å². The fourth-order valence-corrected chi connectivity index (χ4v) is 2.67. The molecule has 1 unspecified atom stereocenters. The van der Waals surface area contributed by atoms with Crippen LogP contribution in [-0.2, 0) is 4.74 Å². The highest BCUT2D eigenvalue weighted by atomic mass is 16.5. The lowest BCUT2D eigenvalue weighted by atomic mass is 9.89. The van der Waals surface area contributed by atoms with Crippen LogP contribution in [0, 0.1) is 0 Å². The third-order valence-electron chi connectivity index (χ3n) is 3.84. The van der Waals surface area contributed by atoms with Crippen molar-refractivity contribution in [3.05, 3.63) is 0 Å². The molecule has 1 atom stereocenters. The number of aliphatic hydroxyl groups is 1. The molecule has 0 aliphatic carbocycles. The Morgan fingerprint density at radius 2 is 1.81 bits per heavy atom. The Morgan fingerprint density at radius 1 is 1.31 bits per heavy atom. The molecule has 1 saturated heterocycles. The van der Waals surface area contributed by atoms with Gasteiger partial charge in [0.15, 0.2) is 0 Å². The zero-order valence-electron chi connectivity index (χ0n) is 11.8. The van der Waals surface area contributed by atoms with Crippen LogP contribution < -0.4 is 0 Å².